The van der Waals surface area contributed by atoms with E-state index in [4.69, 9.17) is 14.2 Å². The maximum absolute atomic E-state index is 14.2. The van der Waals surface area contributed by atoms with Gasteiger partial charge < -0.3 is 39.2 Å². The molecule has 0 fully saturated rings. The Morgan fingerprint density at radius 1 is 0.800 bits per heavy atom. The Kier molecular flexibility index (Phi) is 14.6. The standard InChI is InChI=1S/C56H61N5O7S2/c1-7-21-57-52(62)19-22-69-70-56(3,4)20-18-53(63)58-41-25-36(33-67-49-31-48-45(23-35(49)2)55(65)61-43(32-59(48)5)28-40-13-9-11-15-47(40)61)24-37(26-41)34-68-51-29-38-16-17-42-27-39-12-8-10-14-46(39)60(42)54(64)44(38)30-50(51)66-6/h8-15,23-26,29-31,42-43H,7,16-22,27-28,33-34H2,1-6H3,(H,57,62)(H,58,63)/t42-,43+/m1/s1. The Morgan fingerprint density at radius 3 is 2.21 bits per heavy atom. The Morgan fingerprint density at radius 2 is 1.49 bits per heavy atom. The summed E-state index contributed by atoms with van der Waals surface area (Å²) in [5, 5.41) is 6.07. The third-order valence-corrected chi connectivity index (χ3v) is 16.8. The third kappa shape index (κ3) is 10.6. The van der Waals surface area contributed by atoms with Gasteiger partial charge in [0.15, 0.2) is 11.5 Å². The number of methoxy groups -OCH3 is 1. The van der Waals surface area contributed by atoms with Crippen LogP contribution in [0.3, 0.4) is 0 Å². The molecule has 0 bridgehead atoms. The van der Waals surface area contributed by atoms with Crippen molar-refractivity contribution in [1.29, 1.82) is 0 Å². The van der Waals surface area contributed by atoms with E-state index >= 15 is 0 Å². The van der Waals surface area contributed by atoms with E-state index in [1.165, 1.54) is 5.56 Å². The van der Waals surface area contributed by atoms with Crippen LogP contribution in [0.2, 0.25) is 0 Å². The smallest absolute Gasteiger partial charge is 0.258 e. The van der Waals surface area contributed by atoms with E-state index in [2.05, 4.69) is 42.8 Å². The molecule has 4 amide bonds. The molecule has 2 N–H and O–H groups in total. The van der Waals surface area contributed by atoms with Crippen LogP contribution in [0.1, 0.15) is 107 Å². The first kappa shape index (κ1) is 48.8. The lowest BCUT2D eigenvalue weighted by Crippen LogP contribution is -2.38. The maximum Gasteiger partial charge on any atom is 0.258 e. The van der Waals surface area contributed by atoms with Crippen LogP contribution in [0.25, 0.3) is 0 Å². The maximum atomic E-state index is 14.2. The zero-order chi connectivity index (χ0) is 49.1. The van der Waals surface area contributed by atoms with Gasteiger partial charge in [-0.25, -0.2) is 0 Å². The lowest BCUT2D eigenvalue weighted by molar-refractivity contribution is -0.401. The predicted molar refractivity (Wildman–Crippen MR) is 280 cm³/mol. The number of nitrogens with one attached hydrogen (secondary N) is 2. The summed E-state index contributed by atoms with van der Waals surface area (Å²) in [6, 6.07) is 29.4. The van der Waals surface area contributed by atoms with Crippen molar-refractivity contribution in [2.45, 2.75) is 109 Å². The molecule has 0 saturated heterocycles. The summed E-state index contributed by atoms with van der Waals surface area (Å²) >= 11 is 0. The van der Waals surface area contributed by atoms with Crippen LogP contribution in [0, 0.1) is 6.92 Å². The van der Waals surface area contributed by atoms with Crippen LogP contribution < -0.4 is 34.6 Å². The zero-order valence-corrected chi connectivity index (χ0v) is 42.4. The van der Waals surface area contributed by atoms with Crippen LogP contribution in [0.4, 0.5) is 22.7 Å². The fourth-order valence-corrected chi connectivity index (χ4v) is 12.4. The van der Waals surface area contributed by atoms with Gasteiger partial charge in [0.05, 0.1) is 12.8 Å². The van der Waals surface area contributed by atoms with E-state index in [9.17, 15) is 19.2 Å². The van der Waals surface area contributed by atoms with E-state index < -0.39 is 0 Å². The molecule has 0 radical (unpaired) electrons. The zero-order valence-electron chi connectivity index (χ0n) is 40.8. The molecule has 70 heavy (non-hydrogen) atoms. The van der Waals surface area contributed by atoms with E-state index in [0.29, 0.717) is 77.7 Å². The highest BCUT2D eigenvalue weighted by molar-refractivity contribution is 8.77. The molecule has 0 aromatic heterocycles. The quantitative estimate of drug-likeness (QED) is 0.0382. The number of aryl methyl sites for hydroxylation is 2. The van der Waals surface area contributed by atoms with E-state index in [1.807, 2.05) is 108 Å². The second-order valence-corrected chi connectivity index (χ2v) is 22.3. The summed E-state index contributed by atoms with van der Waals surface area (Å²) in [7, 11) is 6.85. The number of hydrogen-bond donors (Lipinski definition) is 2. The van der Waals surface area contributed by atoms with Gasteiger partial charge in [-0.15, -0.1) is 0 Å². The van der Waals surface area contributed by atoms with Crippen molar-refractivity contribution in [3.05, 3.63) is 136 Å². The minimum Gasteiger partial charge on any atom is -0.493 e. The van der Waals surface area contributed by atoms with E-state index in [0.717, 1.165) is 64.9 Å². The van der Waals surface area contributed by atoms with Crippen LogP contribution in [0.15, 0.2) is 91.0 Å². The molecule has 14 heteroatoms. The minimum absolute atomic E-state index is 0.0294. The molecule has 4 aliphatic rings. The molecule has 0 spiro atoms. The largest absolute Gasteiger partial charge is 0.493 e. The highest BCUT2D eigenvalue weighted by atomic mass is 33.1. The number of amides is 4. The van der Waals surface area contributed by atoms with Gasteiger partial charge in [0.2, 0.25) is 17.7 Å². The molecule has 9 rings (SSSR count). The van der Waals surface area contributed by atoms with Crippen LogP contribution in [0.5, 0.6) is 17.2 Å². The van der Waals surface area contributed by atoms with Crippen LogP contribution in [-0.4, -0.2) is 77.7 Å². The lowest BCUT2D eigenvalue weighted by atomic mass is 9.99. The highest BCUT2D eigenvalue weighted by Gasteiger charge is 2.38. The number of anilines is 3. The average Bonchev–Trinajstić information content (AvgIpc) is 3.85. The van der Waals surface area contributed by atoms with Crippen molar-refractivity contribution >= 4 is 74.2 Å². The molecule has 0 aliphatic carbocycles. The number of carbonyl (C=O) groups excluding carboxylic acids is 4. The van der Waals surface area contributed by atoms with Crippen molar-refractivity contribution in [2.24, 2.45) is 0 Å². The molecule has 12 nitrogen and oxygen atoms in total. The topological polar surface area (TPSA) is 130 Å². The van der Waals surface area contributed by atoms with E-state index in [-0.39, 0.29) is 53.7 Å². The lowest BCUT2D eigenvalue weighted by Gasteiger charge is -2.23. The van der Waals surface area contributed by atoms with Crippen LogP contribution >= 0.6 is 21.6 Å². The van der Waals surface area contributed by atoms with Crippen molar-refractivity contribution in [1.82, 2.24) is 5.32 Å². The fourth-order valence-electron chi connectivity index (χ4n) is 9.84. The van der Waals surface area contributed by atoms with Gasteiger partial charge in [-0.2, -0.15) is 0 Å². The SMILES string of the molecule is CCCNC(=O)CCSSC(C)(C)CCC(=O)Nc1cc(COc2cc3c(cc2C)C(=O)N2c4ccccc4C[C@H]2[C-]=[N+]3C)cc(COc2cc3c(cc2OC)C(=O)N2c4ccccc4C[C@H]2CC3)c1. The van der Waals surface area contributed by atoms with Crippen molar-refractivity contribution in [3.8, 4) is 17.2 Å². The number of fused-ring (bicyclic) bond motifs is 8. The van der Waals surface area contributed by atoms with Gasteiger partial charge in [-0.3, -0.25) is 19.2 Å². The van der Waals surface area contributed by atoms with E-state index in [1.54, 1.807) is 34.8 Å². The van der Waals surface area contributed by atoms with Gasteiger partial charge in [0.25, 0.3) is 5.91 Å². The number of nitrogens with zero attached hydrogens (tertiary/aromatic N) is 3. The number of carbonyl (C=O) groups is 4. The molecule has 0 unspecified atom stereocenters. The van der Waals surface area contributed by atoms with Gasteiger partial charge in [-0.05, 0) is 141 Å². The fraction of sp³-hybridized carbons (Fsp3) is 0.375. The highest BCUT2D eigenvalue weighted by Crippen LogP contribution is 2.43. The molecule has 364 valence electrons. The summed E-state index contributed by atoms with van der Waals surface area (Å²) in [4.78, 5) is 57.8. The number of rotatable bonds is 18. The summed E-state index contributed by atoms with van der Waals surface area (Å²) in [6.07, 6.45) is 8.92. The van der Waals surface area contributed by atoms with Gasteiger partial charge in [-0.1, -0.05) is 71.0 Å². The van der Waals surface area contributed by atoms with Crippen molar-refractivity contribution < 1.29 is 38.0 Å². The Labute approximate surface area is 418 Å². The van der Waals surface area contributed by atoms with Gasteiger partial charge in [0, 0.05) is 76.4 Å². The number of para-hydroxylation sites is 2. The summed E-state index contributed by atoms with van der Waals surface area (Å²) in [5.41, 5.74) is 10.1. The number of ether oxygens (including phenoxy) is 3. The van der Waals surface area contributed by atoms with Crippen molar-refractivity contribution in [2.75, 3.05) is 41.6 Å². The average molecular weight is 980 g/mol. The van der Waals surface area contributed by atoms with Gasteiger partial charge >= 0.3 is 0 Å². The molecule has 2 atom stereocenters. The Bertz CT molecular complexity index is 2880. The van der Waals surface area contributed by atoms with Crippen LogP contribution in [-0.2, 0) is 42.1 Å². The monoisotopic (exact) mass is 979 g/mol. The Balaban J connectivity index is 0.929. The second kappa shape index (κ2) is 21.0. The number of hydrogen-bond acceptors (Lipinski definition) is 9. The molecule has 0 saturated carbocycles. The molecule has 4 heterocycles. The Hall–Kier alpha value is -6.25. The summed E-state index contributed by atoms with van der Waals surface area (Å²) < 4.78 is 20.7. The van der Waals surface area contributed by atoms with Gasteiger partial charge in [0.1, 0.15) is 26.0 Å². The molecular weight excluding hydrogens is 919 g/mol. The third-order valence-electron chi connectivity index (χ3n) is 13.4. The summed E-state index contributed by atoms with van der Waals surface area (Å²) in [5.74, 6) is 2.16. The minimum atomic E-state index is -0.215. The predicted octanol–water partition coefficient (Wildman–Crippen LogP) is 10.3. The van der Waals surface area contributed by atoms with Crippen molar-refractivity contribution in [3.63, 3.8) is 0 Å². The molecule has 5 aromatic rings. The number of benzene rings is 5. The normalized spacial score (nSPS) is 16.7. The first-order valence-electron chi connectivity index (χ1n) is 24.2. The second-order valence-electron chi connectivity index (χ2n) is 19.1. The summed E-state index contributed by atoms with van der Waals surface area (Å²) in [6.45, 7) is 9.23. The first-order valence-corrected chi connectivity index (χ1v) is 26.5. The first-order chi connectivity index (χ1) is 33.8. The molecule has 4 aliphatic heterocycles. The molecular formula is C56H61N5O7S2. The molecule has 5 aromatic carbocycles.